The van der Waals surface area contributed by atoms with Crippen LogP contribution in [0.1, 0.15) is 24.2 Å². The summed E-state index contributed by atoms with van der Waals surface area (Å²) in [5.41, 5.74) is 0.0692. The molecule has 3 rings (SSSR count). The number of nitrogens with one attached hydrogen (secondary N) is 1. The lowest BCUT2D eigenvalue weighted by atomic mass is 10.2. The highest BCUT2D eigenvalue weighted by Crippen LogP contribution is 2.32. The van der Waals surface area contributed by atoms with Gasteiger partial charge in [-0.1, -0.05) is 42.2 Å². The Balaban J connectivity index is 1.82. The van der Waals surface area contributed by atoms with E-state index in [0.29, 0.717) is 8.64 Å². The third-order valence-corrected chi connectivity index (χ3v) is 7.26. The van der Waals surface area contributed by atoms with Crippen LogP contribution in [0, 0.1) is 0 Å². The van der Waals surface area contributed by atoms with E-state index in [1.807, 2.05) is 6.92 Å². The maximum atomic E-state index is 12.6. The predicted molar refractivity (Wildman–Crippen MR) is 94.2 cm³/mol. The van der Waals surface area contributed by atoms with Gasteiger partial charge in [0, 0.05) is 0 Å². The van der Waals surface area contributed by atoms with E-state index in [1.54, 1.807) is 6.07 Å². The van der Waals surface area contributed by atoms with Crippen molar-refractivity contribution in [3.8, 4) is 0 Å². The average molecular weight is 398 g/mol. The minimum absolute atomic E-state index is 0.0692. The SMILES string of the molecule is CCSc1nnc(NC(=O)C(C)N2C(=O)c3ccccc3S2(=O)=O)s1. The van der Waals surface area contributed by atoms with Gasteiger partial charge in [0.1, 0.15) is 10.9 Å². The molecule has 2 amide bonds. The third-order valence-electron chi connectivity index (χ3n) is 3.49. The van der Waals surface area contributed by atoms with Gasteiger partial charge >= 0.3 is 0 Å². The van der Waals surface area contributed by atoms with Crippen molar-refractivity contribution < 1.29 is 18.0 Å². The number of aromatic nitrogens is 2. The van der Waals surface area contributed by atoms with Crippen molar-refractivity contribution in [3.05, 3.63) is 29.8 Å². The Labute approximate surface area is 152 Å². The lowest BCUT2D eigenvalue weighted by Gasteiger charge is -2.21. The first-order valence-corrected chi connectivity index (χ1v) is 10.6. The summed E-state index contributed by atoms with van der Waals surface area (Å²) in [4.78, 5) is 24.8. The Morgan fingerprint density at radius 3 is 2.76 bits per heavy atom. The molecule has 1 aliphatic heterocycles. The summed E-state index contributed by atoms with van der Waals surface area (Å²) in [7, 11) is -4.05. The van der Waals surface area contributed by atoms with Gasteiger partial charge < -0.3 is 0 Å². The number of fused-ring (bicyclic) bond motifs is 1. The summed E-state index contributed by atoms with van der Waals surface area (Å²) in [6.45, 7) is 3.33. The zero-order valence-corrected chi connectivity index (χ0v) is 15.7. The second-order valence-corrected chi connectivity index (χ2v) is 9.35. The van der Waals surface area contributed by atoms with Gasteiger partial charge in [-0.25, -0.2) is 12.7 Å². The van der Waals surface area contributed by atoms with Gasteiger partial charge in [0.15, 0.2) is 4.34 Å². The first-order valence-electron chi connectivity index (χ1n) is 7.31. The van der Waals surface area contributed by atoms with Crippen LogP contribution in [-0.4, -0.2) is 46.5 Å². The summed E-state index contributed by atoms with van der Waals surface area (Å²) >= 11 is 2.67. The largest absolute Gasteiger partial charge is 0.299 e. The Bertz CT molecular complexity index is 941. The van der Waals surface area contributed by atoms with Crippen molar-refractivity contribution in [1.82, 2.24) is 14.5 Å². The Morgan fingerprint density at radius 2 is 2.08 bits per heavy atom. The molecule has 2 heterocycles. The van der Waals surface area contributed by atoms with Crippen molar-refractivity contribution in [2.24, 2.45) is 0 Å². The van der Waals surface area contributed by atoms with Crippen LogP contribution in [0.3, 0.4) is 0 Å². The molecule has 1 atom stereocenters. The zero-order chi connectivity index (χ0) is 18.2. The molecule has 25 heavy (non-hydrogen) atoms. The molecular formula is C14H14N4O4S3. The molecule has 1 unspecified atom stereocenters. The number of thioether (sulfide) groups is 1. The van der Waals surface area contributed by atoms with Crippen molar-refractivity contribution in [3.63, 3.8) is 0 Å². The molecule has 1 N–H and O–H groups in total. The quantitative estimate of drug-likeness (QED) is 0.604. The first-order chi connectivity index (χ1) is 11.9. The van der Waals surface area contributed by atoms with Crippen LogP contribution in [-0.2, 0) is 14.8 Å². The topological polar surface area (TPSA) is 109 Å². The first kappa shape index (κ1) is 17.8. The molecule has 0 bridgehead atoms. The van der Waals surface area contributed by atoms with Crippen LogP contribution < -0.4 is 5.32 Å². The lowest BCUT2D eigenvalue weighted by molar-refractivity contribution is -0.118. The van der Waals surface area contributed by atoms with Crippen LogP contribution in [0.5, 0.6) is 0 Å². The zero-order valence-electron chi connectivity index (χ0n) is 13.3. The maximum absolute atomic E-state index is 12.6. The van der Waals surface area contributed by atoms with Gasteiger partial charge in [-0.15, -0.1) is 10.2 Å². The fraction of sp³-hybridized carbons (Fsp3) is 0.286. The van der Waals surface area contributed by atoms with Gasteiger partial charge in [0.25, 0.3) is 15.9 Å². The minimum Gasteiger partial charge on any atom is -0.299 e. The second-order valence-electron chi connectivity index (χ2n) is 5.07. The molecule has 0 spiro atoms. The lowest BCUT2D eigenvalue weighted by Crippen LogP contribution is -2.45. The van der Waals surface area contributed by atoms with E-state index >= 15 is 0 Å². The van der Waals surface area contributed by atoms with E-state index in [-0.39, 0.29) is 15.6 Å². The van der Waals surface area contributed by atoms with Gasteiger partial charge in [-0.2, -0.15) is 0 Å². The number of carbonyl (C=O) groups is 2. The molecule has 0 aliphatic carbocycles. The van der Waals surface area contributed by atoms with E-state index < -0.39 is 27.9 Å². The number of amides is 2. The highest BCUT2D eigenvalue weighted by molar-refractivity contribution is 8.01. The van der Waals surface area contributed by atoms with E-state index in [2.05, 4.69) is 15.5 Å². The van der Waals surface area contributed by atoms with Gasteiger partial charge in [-0.3, -0.25) is 14.9 Å². The fourth-order valence-corrected chi connectivity index (χ4v) is 5.72. The molecule has 0 fully saturated rings. The van der Waals surface area contributed by atoms with E-state index in [9.17, 15) is 18.0 Å². The molecule has 1 aliphatic rings. The van der Waals surface area contributed by atoms with E-state index in [4.69, 9.17) is 0 Å². The van der Waals surface area contributed by atoms with Crippen LogP contribution in [0.25, 0.3) is 0 Å². The number of rotatable bonds is 5. The number of sulfonamides is 1. The molecule has 2 aromatic rings. The highest BCUT2D eigenvalue weighted by atomic mass is 32.2. The Kier molecular flexibility index (Phi) is 4.80. The van der Waals surface area contributed by atoms with Gasteiger partial charge in [0.05, 0.1) is 5.56 Å². The number of carbonyl (C=O) groups excluding carboxylic acids is 2. The van der Waals surface area contributed by atoms with Crippen molar-refractivity contribution in [1.29, 1.82) is 0 Å². The molecule has 132 valence electrons. The maximum Gasteiger partial charge on any atom is 0.269 e. The van der Waals surface area contributed by atoms with E-state index in [0.717, 1.165) is 5.75 Å². The molecule has 0 saturated heterocycles. The van der Waals surface area contributed by atoms with Crippen molar-refractivity contribution in [2.45, 2.75) is 29.1 Å². The number of hydrogen-bond donors (Lipinski definition) is 1. The number of hydrogen-bond acceptors (Lipinski definition) is 8. The van der Waals surface area contributed by atoms with Crippen LogP contribution >= 0.6 is 23.1 Å². The van der Waals surface area contributed by atoms with E-state index in [1.165, 1.54) is 48.2 Å². The fourth-order valence-electron chi connectivity index (χ4n) is 2.34. The van der Waals surface area contributed by atoms with Gasteiger partial charge in [-0.05, 0) is 24.8 Å². The number of benzene rings is 1. The number of anilines is 1. The smallest absolute Gasteiger partial charge is 0.269 e. The van der Waals surface area contributed by atoms with Crippen LogP contribution in [0.4, 0.5) is 5.13 Å². The molecular weight excluding hydrogens is 384 g/mol. The highest BCUT2D eigenvalue weighted by Gasteiger charge is 2.45. The summed E-state index contributed by atoms with van der Waals surface area (Å²) in [6, 6.07) is 4.68. The average Bonchev–Trinajstić information content (AvgIpc) is 3.09. The molecule has 8 nitrogen and oxygen atoms in total. The molecule has 0 saturated carbocycles. The van der Waals surface area contributed by atoms with Gasteiger partial charge in [0.2, 0.25) is 11.0 Å². The molecule has 1 aromatic carbocycles. The van der Waals surface area contributed by atoms with Crippen LogP contribution in [0.15, 0.2) is 33.5 Å². The van der Waals surface area contributed by atoms with Crippen molar-refractivity contribution >= 4 is 50.1 Å². The summed E-state index contributed by atoms with van der Waals surface area (Å²) < 4.78 is 26.5. The normalized spacial score (nSPS) is 16.6. The monoisotopic (exact) mass is 398 g/mol. The second kappa shape index (κ2) is 6.73. The summed E-state index contributed by atoms with van der Waals surface area (Å²) in [6.07, 6.45) is 0. The van der Waals surface area contributed by atoms with Crippen LogP contribution in [0.2, 0.25) is 0 Å². The molecule has 1 aromatic heterocycles. The Morgan fingerprint density at radius 1 is 1.36 bits per heavy atom. The number of nitrogens with zero attached hydrogens (tertiary/aromatic N) is 3. The summed E-state index contributed by atoms with van der Waals surface area (Å²) in [5.74, 6) is -0.538. The minimum atomic E-state index is -4.05. The Hall–Kier alpha value is -1.98. The summed E-state index contributed by atoms with van der Waals surface area (Å²) in [5, 5.41) is 10.5. The standard InChI is InChI=1S/C14H14N4O4S3/c1-3-23-14-17-16-13(24-14)15-11(19)8(2)18-12(20)9-6-4-5-7-10(9)25(18,21)22/h4-8H,3H2,1-2H3,(H,15,16,19). The van der Waals surface area contributed by atoms with Crippen molar-refractivity contribution in [2.75, 3.05) is 11.1 Å². The third kappa shape index (κ3) is 3.14. The molecule has 11 heteroatoms. The predicted octanol–water partition coefficient (Wildman–Crippen LogP) is 1.82. The molecule has 0 radical (unpaired) electrons.